The summed E-state index contributed by atoms with van der Waals surface area (Å²) in [5.74, 6) is 0.173. The maximum atomic E-state index is 12.5. The van der Waals surface area contributed by atoms with Crippen LogP contribution in [0.2, 0.25) is 0 Å². The second kappa shape index (κ2) is 6.43. The molecule has 114 valence electrons. The van der Waals surface area contributed by atoms with Crippen molar-refractivity contribution in [2.45, 2.75) is 31.7 Å². The van der Waals surface area contributed by atoms with Crippen molar-refractivity contribution in [3.05, 3.63) is 0 Å². The van der Waals surface area contributed by atoms with Gasteiger partial charge < -0.3 is 19.8 Å². The van der Waals surface area contributed by atoms with Gasteiger partial charge in [-0.1, -0.05) is 0 Å². The number of likely N-dealkylation sites (tertiary alicyclic amines) is 1. The normalized spacial score (nSPS) is 19.9. The Morgan fingerprint density at radius 2 is 1.75 bits per heavy atom. The summed E-state index contributed by atoms with van der Waals surface area (Å²) in [6, 6.07) is 0.362. The van der Waals surface area contributed by atoms with Crippen molar-refractivity contribution in [1.82, 2.24) is 14.7 Å². The molecule has 1 N–H and O–H groups in total. The van der Waals surface area contributed by atoms with Crippen LogP contribution in [0.1, 0.15) is 25.7 Å². The molecule has 6 heteroatoms. The first kappa shape index (κ1) is 15.1. The molecule has 0 unspecified atom stereocenters. The van der Waals surface area contributed by atoms with E-state index in [-0.39, 0.29) is 24.5 Å². The Morgan fingerprint density at radius 3 is 2.20 bits per heavy atom. The van der Waals surface area contributed by atoms with Crippen LogP contribution in [-0.4, -0.2) is 78.1 Å². The molecule has 20 heavy (non-hydrogen) atoms. The molecule has 0 aromatic heterocycles. The number of urea groups is 1. The smallest absolute Gasteiger partial charge is 0.319 e. The standard InChI is InChI=1S/C14H25N3O3/c1-15(2)14(20)16-7-5-11(6-8-16)13(19)17(9-10-18)12-3-4-12/h11-12,18H,3-10H2,1-2H3. The topological polar surface area (TPSA) is 64.1 Å². The monoisotopic (exact) mass is 283 g/mol. The first-order valence-electron chi connectivity index (χ1n) is 7.42. The van der Waals surface area contributed by atoms with Crippen LogP contribution in [0.4, 0.5) is 4.79 Å². The van der Waals surface area contributed by atoms with E-state index in [0.717, 1.165) is 25.7 Å². The number of nitrogens with zero attached hydrogens (tertiary/aromatic N) is 3. The Labute approximate surface area is 120 Å². The van der Waals surface area contributed by atoms with Gasteiger partial charge in [0.15, 0.2) is 0 Å². The van der Waals surface area contributed by atoms with E-state index in [1.165, 1.54) is 0 Å². The first-order valence-corrected chi connectivity index (χ1v) is 7.42. The van der Waals surface area contributed by atoms with E-state index >= 15 is 0 Å². The summed E-state index contributed by atoms with van der Waals surface area (Å²) in [4.78, 5) is 29.6. The van der Waals surface area contributed by atoms with Gasteiger partial charge in [0.05, 0.1) is 6.61 Å². The molecule has 2 aliphatic rings. The molecule has 0 aromatic rings. The SMILES string of the molecule is CN(C)C(=O)N1CCC(C(=O)N(CCO)C2CC2)CC1. The lowest BCUT2D eigenvalue weighted by Gasteiger charge is -2.35. The van der Waals surface area contributed by atoms with Gasteiger partial charge in [-0.05, 0) is 25.7 Å². The zero-order valence-electron chi connectivity index (χ0n) is 12.4. The minimum atomic E-state index is 0.00774. The van der Waals surface area contributed by atoms with Gasteiger partial charge in [-0.2, -0.15) is 0 Å². The van der Waals surface area contributed by atoms with Gasteiger partial charge in [-0.25, -0.2) is 4.79 Å². The highest BCUT2D eigenvalue weighted by molar-refractivity contribution is 5.80. The highest BCUT2D eigenvalue weighted by Gasteiger charge is 2.37. The van der Waals surface area contributed by atoms with Crippen molar-refractivity contribution in [2.75, 3.05) is 40.3 Å². The van der Waals surface area contributed by atoms with Crippen LogP contribution in [0.25, 0.3) is 0 Å². The van der Waals surface area contributed by atoms with Crippen LogP contribution in [0.5, 0.6) is 0 Å². The number of piperidine rings is 1. The molecule has 1 saturated heterocycles. The molecule has 1 aliphatic carbocycles. The van der Waals surface area contributed by atoms with Crippen LogP contribution in [0.15, 0.2) is 0 Å². The maximum Gasteiger partial charge on any atom is 0.319 e. The third kappa shape index (κ3) is 3.42. The number of amides is 3. The van der Waals surface area contributed by atoms with Crippen LogP contribution in [-0.2, 0) is 4.79 Å². The molecular weight excluding hydrogens is 258 g/mol. The lowest BCUT2D eigenvalue weighted by atomic mass is 9.95. The summed E-state index contributed by atoms with van der Waals surface area (Å²) in [6.07, 6.45) is 3.58. The lowest BCUT2D eigenvalue weighted by Crippen LogP contribution is -2.48. The molecule has 1 heterocycles. The Morgan fingerprint density at radius 1 is 1.15 bits per heavy atom. The highest BCUT2D eigenvalue weighted by Crippen LogP contribution is 2.30. The largest absolute Gasteiger partial charge is 0.395 e. The molecular formula is C14H25N3O3. The minimum Gasteiger partial charge on any atom is -0.395 e. The molecule has 0 radical (unpaired) electrons. The number of hydrogen-bond donors (Lipinski definition) is 1. The highest BCUT2D eigenvalue weighted by atomic mass is 16.3. The second-order valence-corrected chi connectivity index (χ2v) is 5.92. The summed E-state index contributed by atoms with van der Waals surface area (Å²) < 4.78 is 0. The van der Waals surface area contributed by atoms with Crippen molar-refractivity contribution in [3.8, 4) is 0 Å². The zero-order chi connectivity index (χ0) is 14.7. The molecule has 2 fully saturated rings. The number of hydrogen-bond acceptors (Lipinski definition) is 3. The fourth-order valence-corrected chi connectivity index (χ4v) is 2.80. The second-order valence-electron chi connectivity index (χ2n) is 5.92. The van der Waals surface area contributed by atoms with E-state index in [1.54, 1.807) is 23.9 Å². The molecule has 0 bridgehead atoms. The minimum absolute atomic E-state index is 0.00774. The predicted octanol–water partition coefficient (Wildman–Crippen LogP) is 0.363. The van der Waals surface area contributed by atoms with Crippen molar-refractivity contribution >= 4 is 11.9 Å². The van der Waals surface area contributed by atoms with Gasteiger partial charge in [-0.15, -0.1) is 0 Å². The molecule has 2 rings (SSSR count). The van der Waals surface area contributed by atoms with Crippen LogP contribution in [0, 0.1) is 5.92 Å². The van der Waals surface area contributed by atoms with Gasteiger partial charge >= 0.3 is 6.03 Å². The predicted molar refractivity (Wildman–Crippen MR) is 75.2 cm³/mol. The van der Waals surface area contributed by atoms with Gasteiger partial charge in [0, 0.05) is 45.7 Å². The summed E-state index contributed by atoms with van der Waals surface area (Å²) in [6.45, 7) is 1.76. The molecule has 0 aromatic carbocycles. The molecule has 0 spiro atoms. The fraction of sp³-hybridized carbons (Fsp3) is 0.857. The number of rotatable bonds is 4. The van der Waals surface area contributed by atoms with Gasteiger partial charge in [0.2, 0.25) is 5.91 Å². The average Bonchev–Trinajstić information content (AvgIpc) is 3.28. The Kier molecular flexibility index (Phi) is 4.86. The van der Waals surface area contributed by atoms with Crippen LogP contribution >= 0.6 is 0 Å². The van der Waals surface area contributed by atoms with Crippen molar-refractivity contribution in [3.63, 3.8) is 0 Å². The van der Waals surface area contributed by atoms with E-state index in [9.17, 15) is 9.59 Å². The molecule has 1 aliphatic heterocycles. The van der Waals surface area contributed by atoms with E-state index in [4.69, 9.17) is 5.11 Å². The lowest BCUT2D eigenvalue weighted by molar-refractivity contribution is -0.138. The quantitative estimate of drug-likeness (QED) is 0.810. The van der Waals surface area contributed by atoms with Crippen LogP contribution in [0.3, 0.4) is 0 Å². The molecule has 3 amide bonds. The molecule has 1 saturated carbocycles. The van der Waals surface area contributed by atoms with E-state index < -0.39 is 0 Å². The Balaban J connectivity index is 1.86. The van der Waals surface area contributed by atoms with Crippen molar-refractivity contribution in [2.24, 2.45) is 5.92 Å². The van der Waals surface area contributed by atoms with Crippen LogP contribution < -0.4 is 0 Å². The maximum absolute atomic E-state index is 12.5. The molecule has 0 atom stereocenters. The third-order valence-corrected chi connectivity index (χ3v) is 4.11. The number of aliphatic hydroxyl groups excluding tert-OH is 1. The van der Waals surface area contributed by atoms with E-state index in [2.05, 4.69) is 0 Å². The van der Waals surface area contributed by atoms with Gasteiger partial charge in [0.25, 0.3) is 0 Å². The first-order chi connectivity index (χ1) is 9.54. The third-order valence-electron chi connectivity index (χ3n) is 4.11. The van der Waals surface area contributed by atoms with Gasteiger partial charge in [-0.3, -0.25) is 4.79 Å². The summed E-state index contributed by atoms with van der Waals surface area (Å²) in [5, 5.41) is 9.08. The van der Waals surface area contributed by atoms with E-state index in [1.807, 2.05) is 4.90 Å². The number of aliphatic hydroxyl groups is 1. The number of carbonyl (C=O) groups is 2. The van der Waals surface area contributed by atoms with Crippen molar-refractivity contribution < 1.29 is 14.7 Å². The number of carbonyl (C=O) groups excluding carboxylic acids is 2. The summed E-state index contributed by atoms with van der Waals surface area (Å²) in [5.41, 5.74) is 0. The summed E-state index contributed by atoms with van der Waals surface area (Å²) >= 11 is 0. The Hall–Kier alpha value is -1.30. The zero-order valence-corrected chi connectivity index (χ0v) is 12.4. The summed E-state index contributed by atoms with van der Waals surface area (Å²) in [7, 11) is 3.49. The van der Waals surface area contributed by atoms with Gasteiger partial charge in [0.1, 0.15) is 0 Å². The molecule has 6 nitrogen and oxygen atoms in total. The van der Waals surface area contributed by atoms with E-state index in [0.29, 0.717) is 25.7 Å². The van der Waals surface area contributed by atoms with Crippen molar-refractivity contribution in [1.29, 1.82) is 0 Å². The fourth-order valence-electron chi connectivity index (χ4n) is 2.80. The average molecular weight is 283 g/mol. The Bertz CT molecular complexity index is 361.